The maximum absolute atomic E-state index is 12.4. The standard InChI is InChI=1S/C17H21ClN2O4/c1-3-12-6-4-5-9-20(12)16(22)15(21)19-14-10-11(17(23)24-2)7-8-13(14)18/h7-8,10,12H,3-6,9H2,1-2H3,(H,19,21). The van der Waals surface area contributed by atoms with Gasteiger partial charge in [-0.25, -0.2) is 4.79 Å². The summed E-state index contributed by atoms with van der Waals surface area (Å²) in [5.74, 6) is -1.86. The summed E-state index contributed by atoms with van der Waals surface area (Å²) >= 11 is 6.04. The third kappa shape index (κ3) is 4.06. The number of benzene rings is 1. The van der Waals surface area contributed by atoms with Crippen LogP contribution in [0.5, 0.6) is 0 Å². The van der Waals surface area contributed by atoms with E-state index in [1.165, 1.54) is 25.3 Å². The third-order valence-electron chi connectivity index (χ3n) is 4.19. The lowest BCUT2D eigenvalue weighted by atomic mass is 10.00. The maximum atomic E-state index is 12.4. The molecule has 1 N–H and O–H groups in total. The van der Waals surface area contributed by atoms with Crippen molar-refractivity contribution in [1.29, 1.82) is 0 Å². The number of nitrogens with zero attached hydrogens (tertiary/aromatic N) is 1. The minimum atomic E-state index is -0.751. The van der Waals surface area contributed by atoms with Crippen molar-refractivity contribution in [1.82, 2.24) is 4.90 Å². The van der Waals surface area contributed by atoms with Crippen LogP contribution in [0, 0.1) is 0 Å². The van der Waals surface area contributed by atoms with Crippen LogP contribution in [0.25, 0.3) is 0 Å². The quantitative estimate of drug-likeness (QED) is 0.670. The van der Waals surface area contributed by atoms with Crippen LogP contribution in [0.4, 0.5) is 5.69 Å². The van der Waals surface area contributed by atoms with Gasteiger partial charge in [-0.2, -0.15) is 0 Å². The summed E-state index contributed by atoms with van der Waals surface area (Å²) in [6.07, 6.45) is 3.69. The van der Waals surface area contributed by atoms with Gasteiger partial charge in [-0.1, -0.05) is 18.5 Å². The van der Waals surface area contributed by atoms with E-state index < -0.39 is 17.8 Å². The van der Waals surface area contributed by atoms with Crippen molar-refractivity contribution in [3.63, 3.8) is 0 Å². The molecule has 1 aromatic carbocycles. The number of nitrogens with one attached hydrogen (secondary N) is 1. The number of esters is 1. The second-order valence-corrected chi connectivity index (χ2v) is 6.10. The summed E-state index contributed by atoms with van der Waals surface area (Å²) in [6.45, 7) is 2.59. The lowest BCUT2D eigenvalue weighted by Gasteiger charge is -2.34. The molecule has 1 aromatic rings. The monoisotopic (exact) mass is 352 g/mol. The van der Waals surface area contributed by atoms with Crippen LogP contribution in [0.3, 0.4) is 0 Å². The Morgan fingerprint density at radius 1 is 1.33 bits per heavy atom. The first-order valence-electron chi connectivity index (χ1n) is 7.97. The second-order valence-electron chi connectivity index (χ2n) is 5.70. The number of rotatable bonds is 3. The number of piperidine rings is 1. The number of methoxy groups -OCH3 is 1. The topological polar surface area (TPSA) is 75.7 Å². The Morgan fingerprint density at radius 2 is 2.08 bits per heavy atom. The normalized spacial score (nSPS) is 17.3. The summed E-state index contributed by atoms with van der Waals surface area (Å²) in [5.41, 5.74) is 0.456. The van der Waals surface area contributed by atoms with E-state index in [9.17, 15) is 14.4 Å². The van der Waals surface area contributed by atoms with Gasteiger partial charge in [0.15, 0.2) is 0 Å². The molecule has 0 bridgehead atoms. The lowest BCUT2D eigenvalue weighted by molar-refractivity contribution is -0.145. The molecule has 130 valence electrons. The molecule has 0 radical (unpaired) electrons. The molecule has 7 heteroatoms. The van der Waals surface area contributed by atoms with E-state index in [1.807, 2.05) is 6.92 Å². The highest BCUT2D eigenvalue weighted by Crippen LogP contribution is 2.24. The van der Waals surface area contributed by atoms with Gasteiger partial charge in [0.1, 0.15) is 0 Å². The van der Waals surface area contributed by atoms with Crippen molar-refractivity contribution < 1.29 is 19.1 Å². The highest BCUT2D eigenvalue weighted by molar-refractivity contribution is 6.41. The van der Waals surface area contributed by atoms with Crippen molar-refractivity contribution in [2.45, 2.75) is 38.6 Å². The van der Waals surface area contributed by atoms with Gasteiger partial charge in [0.25, 0.3) is 0 Å². The van der Waals surface area contributed by atoms with Gasteiger partial charge in [-0.3, -0.25) is 9.59 Å². The van der Waals surface area contributed by atoms with Crippen LogP contribution in [0.1, 0.15) is 43.0 Å². The minimum absolute atomic E-state index is 0.0916. The Kier molecular flexibility index (Phi) is 6.20. The average molecular weight is 353 g/mol. The molecule has 1 fully saturated rings. The summed E-state index contributed by atoms with van der Waals surface area (Å²) in [5, 5.41) is 2.75. The number of carbonyl (C=O) groups excluding carboxylic acids is 3. The lowest BCUT2D eigenvalue weighted by Crippen LogP contribution is -2.48. The summed E-state index contributed by atoms with van der Waals surface area (Å²) in [6, 6.07) is 4.45. The highest BCUT2D eigenvalue weighted by atomic mass is 35.5. The number of carbonyl (C=O) groups is 3. The van der Waals surface area contributed by atoms with Gasteiger partial charge >= 0.3 is 17.8 Å². The zero-order valence-corrected chi connectivity index (χ0v) is 14.6. The van der Waals surface area contributed by atoms with Crippen molar-refractivity contribution in [3.05, 3.63) is 28.8 Å². The van der Waals surface area contributed by atoms with E-state index in [4.69, 9.17) is 11.6 Å². The van der Waals surface area contributed by atoms with E-state index in [2.05, 4.69) is 10.1 Å². The Labute approximate surface area is 146 Å². The molecule has 2 amide bonds. The van der Waals surface area contributed by atoms with E-state index in [0.717, 1.165) is 25.7 Å². The van der Waals surface area contributed by atoms with Gasteiger partial charge in [0.05, 0.1) is 23.4 Å². The zero-order chi connectivity index (χ0) is 17.7. The molecule has 6 nitrogen and oxygen atoms in total. The summed E-state index contributed by atoms with van der Waals surface area (Å²) in [4.78, 5) is 37.9. The fourth-order valence-electron chi connectivity index (χ4n) is 2.86. The van der Waals surface area contributed by atoms with Gasteiger partial charge in [-0.15, -0.1) is 0 Å². The predicted molar refractivity (Wildman–Crippen MR) is 91.1 cm³/mol. The van der Waals surface area contributed by atoms with Crippen LogP contribution >= 0.6 is 11.6 Å². The summed E-state index contributed by atoms with van der Waals surface area (Å²) in [7, 11) is 1.26. The number of anilines is 1. The Morgan fingerprint density at radius 3 is 2.75 bits per heavy atom. The van der Waals surface area contributed by atoms with Crippen LogP contribution in [0.15, 0.2) is 18.2 Å². The molecular weight excluding hydrogens is 332 g/mol. The minimum Gasteiger partial charge on any atom is -0.465 e. The largest absolute Gasteiger partial charge is 0.465 e. The fraction of sp³-hybridized carbons (Fsp3) is 0.471. The number of likely N-dealkylation sites (tertiary alicyclic amines) is 1. The molecule has 1 atom stereocenters. The van der Waals surface area contributed by atoms with Crippen molar-refractivity contribution in [2.24, 2.45) is 0 Å². The molecule has 24 heavy (non-hydrogen) atoms. The number of hydrogen-bond acceptors (Lipinski definition) is 4. The molecule has 1 saturated heterocycles. The van der Waals surface area contributed by atoms with E-state index in [-0.39, 0.29) is 22.3 Å². The third-order valence-corrected chi connectivity index (χ3v) is 4.52. The molecule has 1 aliphatic heterocycles. The van der Waals surface area contributed by atoms with Gasteiger partial charge < -0.3 is 15.0 Å². The van der Waals surface area contributed by atoms with Gasteiger partial charge in [-0.05, 0) is 43.9 Å². The predicted octanol–water partition coefficient (Wildman–Crippen LogP) is 2.86. The van der Waals surface area contributed by atoms with Crippen LogP contribution in [0.2, 0.25) is 5.02 Å². The molecule has 1 aliphatic rings. The smallest absolute Gasteiger partial charge is 0.337 e. The van der Waals surface area contributed by atoms with E-state index in [0.29, 0.717) is 6.54 Å². The Balaban J connectivity index is 2.13. The Bertz CT molecular complexity index is 647. The van der Waals surface area contributed by atoms with E-state index >= 15 is 0 Å². The summed E-state index contributed by atoms with van der Waals surface area (Å²) < 4.78 is 4.64. The van der Waals surface area contributed by atoms with Crippen LogP contribution in [-0.4, -0.2) is 42.4 Å². The number of hydrogen-bond donors (Lipinski definition) is 1. The average Bonchev–Trinajstić information content (AvgIpc) is 2.62. The van der Waals surface area contributed by atoms with Crippen molar-refractivity contribution >= 4 is 35.1 Å². The van der Waals surface area contributed by atoms with E-state index in [1.54, 1.807) is 4.90 Å². The first-order chi connectivity index (χ1) is 11.5. The second kappa shape index (κ2) is 8.15. The molecule has 2 rings (SSSR count). The molecular formula is C17H21ClN2O4. The molecule has 0 saturated carbocycles. The van der Waals surface area contributed by atoms with Gasteiger partial charge in [0.2, 0.25) is 0 Å². The SMILES string of the molecule is CCC1CCCCN1C(=O)C(=O)Nc1cc(C(=O)OC)ccc1Cl. The first kappa shape index (κ1) is 18.3. The highest BCUT2D eigenvalue weighted by Gasteiger charge is 2.30. The van der Waals surface area contributed by atoms with Crippen molar-refractivity contribution in [2.75, 3.05) is 19.0 Å². The zero-order valence-electron chi connectivity index (χ0n) is 13.8. The van der Waals surface area contributed by atoms with Gasteiger partial charge in [0, 0.05) is 12.6 Å². The first-order valence-corrected chi connectivity index (χ1v) is 8.35. The molecule has 0 aliphatic carbocycles. The molecule has 1 unspecified atom stereocenters. The number of halogens is 1. The Hall–Kier alpha value is -2.08. The maximum Gasteiger partial charge on any atom is 0.337 e. The van der Waals surface area contributed by atoms with Crippen molar-refractivity contribution in [3.8, 4) is 0 Å². The molecule has 0 spiro atoms. The van der Waals surface area contributed by atoms with Crippen LogP contribution in [-0.2, 0) is 14.3 Å². The number of ether oxygens (including phenoxy) is 1. The fourth-order valence-corrected chi connectivity index (χ4v) is 3.03. The number of amides is 2. The van der Waals surface area contributed by atoms with Crippen LogP contribution < -0.4 is 5.32 Å². The molecule has 1 heterocycles. The molecule has 0 aromatic heterocycles.